The zero-order valence-electron chi connectivity index (χ0n) is 9.72. The van der Waals surface area contributed by atoms with E-state index in [1.807, 2.05) is 0 Å². The Balaban J connectivity index is 2.56. The molecule has 0 saturated heterocycles. The van der Waals surface area contributed by atoms with Gasteiger partial charge in [-0.2, -0.15) is 0 Å². The smallest absolute Gasteiger partial charge is 0.338 e. The summed E-state index contributed by atoms with van der Waals surface area (Å²) in [5, 5.41) is 10.5. The standard InChI is InChI=1S/C12H15NO4/c1-2-3-4-8-17-12(14)10-6-5-7-11(9-10)13(15)16/h5-7,9H,2-4,8H2,1H3. The van der Waals surface area contributed by atoms with E-state index in [2.05, 4.69) is 6.92 Å². The number of ether oxygens (including phenoxy) is 1. The molecule has 0 heterocycles. The fourth-order valence-electron chi connectivity index (χ4n) is 1.35. The van der Waals surface area contributed by atoms with Crippen molar-refractivity contribution in [3.63, 3.8) is 0 Å². The second kappa shape index (κ2) is 6.62. The second-order valence-electron chi connectivity index (χ2n) is 3.65. The van der Waals surface area contributed by atoms with Gasteiger partial charge in [-0.25, -0.2) is 4.79 Å². The van der Waals surface area contributed by atoms with E-state index >= 15 is 0 Å². The summed E-state index contributed by atoms with van der Waals surface area (Å²) in [7, 11) is 0. The minimum atomic E-state index is -0.534. The molecule has 0 amide bonds. The van der Waals surface area contributed by atoms with Crippen molar-refractivity contribution >= 4 is 11.7 Å². The summed E-state index contributed by atoms with van der Waals surface area (Å²) < 4.78 is 5.00. The van der Waals surface area contributed by atoms with Crippen LogP contribution < -0.4 is 0 Å². The Kier molecular flexibility index (Phi) is 5.13. The molecule has 5 nitrogen and oxygen atoms in total. The van der Waals surface area contributed by atoms with Gasteiger partial charge in [0.2, 0.25) is 0 Å². The lowest BCUT2D eigenvalue weighted by Crippen LogP contribution is -2.06. The lowest BCUT2D eigenvalue weighted by molar-refractivity contribution is -0.384. The van der Waals surface area contributed by atoms with E-state index in [4.69, 9.17) is 4.74 Å². The molecule has 92 valence electrons. The first-order chi connectivity index (χ1) is 8.15. The summed E-state index contributed by atoms with van der Waals surface area (Å²) in [5.41, 5.74) is 0.115. The van der Waals surface area contributed by atoms with Gasteiger partial charge in [0.05, 0.1) is 17.1 Å². The van der Waals surface area contributed by atoms with E-state index in [0.717, 1.165) is 19.3 Å². The third-order valence-corrected chi connectivity index (χ3v) is 2.27. The summed E-state index contributed by atoms with van der Waals surface area (Å²) in [6.45, 7) is 2.41. The molecular weight excluding hydrogens is 222 g/mol. The number of non-ortho nitro benzene ring substituents is 1. The monoisotopic (exact) mass is 237 g/mol. The van der Waals surface area contributed by atoms with Crippen LogP contribution in [0.1, 0.15) is 36.5 Å². The molecule has 0 fully saturated rings. The maximum atomic E-state index is 11.5. The van der Waals surface area contributed by atoms with E-state index < -0.39 is 10.9 Å². The Hall–Kier alpha value is -1.91. The molecule has 0 aliphatic heterocycles. The predicted molar refractivity (Wildman–Crippen MR) is 62.9 cm³/mol. The summed E-state index contributed by atoms with van der Waals surface area (Å²) >= 11 is 0. The van der Waals surface area contributed by atoms with Gasteiger partial charge in [-0.3, -0.25) is 10.1 Å². The Morgan fingerprint density at radius 3 is 2.82 bits per heavy atom. The summed E-state index contributed by atoms with van der Waals surface area (Å²) in [5.74, 6) is -0.509. The topological polar surface area (TPSA) is 69.4 Å². The minimum absolute atomic E-state index is 0.104. The van der Waals surface area contributed by atoms with Gasteiger partial charge in [0.15, 0.2) is 0 Å². The number of rotatable bonds is 6. The molecule has 0 bridgehead atoms. The second-order valence-corrected chi connectivity index (χ2v) is 3.65. The third kappa shape index (κ3) is 4.22. The van der Waals surface area contributed by atoms with Crippen molar-refractivity contribution in [2.45, 2.75) is 26.2 Å². The molecule has 1 aromatic rings. The molecule has 0 unspecified atom stereocenters. The molecule has 0 N–H and O–H groups in total. The molecule has 0 aliphatic carbocycles. The van der Waals surface area contributed by atoms with Crippen LogP contribution in [0.4, 0.5) is 5.69 Å². The molecule has 17 heavy (non-hydrogen) atoms. The molecule has 0 atom stereocenters. The van der Waals surface area contributed by atoms with E-state index in [-0.39, 0.29) is 11.3 Å². The van der Waals surface area contributed by atoms with Crippen LogP contribution in [0, 0.1) is 10.1 Å². The van der Waals surface area contributed by atoms with E-state index in [0.29, 0.717) is 6.61 Å². The lowest BCUT2D eigenvalue weighted by Gasteiger charge is -2.03. The Labute approximate surface area is 99.5 Å². The number of unbranched alkanes of at least 4 members (excludes halogenated alkanes) is 2. The molecular formula is C12H15NO4. The largest absolute Gasteiger partial charge is 0.462 e. The number of nitro groups is 1. The number of nitrogens with zero attached hydrogens (tertiary/aromatic N) is 1. The highest BCUT2D eigenvalue weighted by atomic mass is 16.6. The van der Waals surface area contributed by atoms with Gasteiger partial charge in [-0.05, 0) is 12.5 Å². The first-order valence-corrected chi connectivity index (χ1v) is 5.56. The highest BCUT2D eigenvalue weighted by molar-refractivity contribution is 5.90. The quantitative estimate of drug-likeness (QED) is 0.330. The molecule has 0 aliphatic rings. The lowest BCUT2D eigenvalue weighted by atomic mass is 10.2. The van der Waals surface area contributed by atoms with Crippen LogP contribution >= 0.6 is 0 Å². The zero-order valence-corrected chi connectivity index (χ0v) is 9.72. The van der Waals surface area contributed by atoms with Crippen LogP contribution in [0.2, 0.25) is 0 Å². The van der Waals surface area contributed by atoms with E-state index in [1.165, 1.54) is 24.3 Å². The average molecular weight is 237 g/mol. The molecule has 0 radical (unpaired) electrons. The van der Waals surface area contributed by atoms with Crippen molar-refractivity contribution in [3.05, 3.63) is 39.9 Å². The highest BCUT2D eigenvalue weighted by Crippen LogP contribution is 2.14. The maximum absolute atomic E-state index is 11.5. The normalized spacial score (nSPS) is 9.94. The van der Waals surface area contributed by atoms with E-state index in [1.54, 1.807) is 0 Å². The molecule has 0 aromatic heterocycles. The van der Waals surface area contributed by atoms with Crippen molar-refractivity contribution in [2.24, 2.45) is 0 Å². The van der Waals surface area contributed by atoms with Crippen molar-refractivity contribution in [2.75, 3.05) is 6.61 Å². The number of hydrogen-bond donors (Lipinski definition) is 0. The van der Waals surface area contributed by atoms with Crippen molar-refractivity contribution in [1.82, 2.24) is 0 Å². The van der Waals surface area contributed by atoms with Crippen LogP contribution in [0.5, 0.6) is 0 Å². The van der Waals surface area contributed by atoms with Gasteiger partial charge in [0.25, 0.3) is 5.69 Å². The van der Waals surface area contributed by atoms with E-state index in [9.17, 15) is 14.9 Å². The first-order valence-electron chi connectivity index (χ1n) is 5.56. The number of hydrogen-bond acceptors (Lipinski definition) is 4. The Morgan fingerprint density at radius 1 is 1.41 bits per heavy atom. The fourth-order valence-corrected chi connectivity index (χ4v) is 1.35. The Bertz CT molecular complexity index is 403. The van der Waals surface area contributed by atoms with Crippen LogP contribution in [0.3, 0.4) is 0 Å². The van der Waals surface area contributed by atoms with Crippen molar-refractivity contribution in [1.29, 1.82) is 0 Å². The first kappa shape index (κ1) is 13.2. The van der Waals surface area contributed by atoms with Gasteiger partial charge in [0, 0.05) is 12.1 Å². The molecule has 1 rings (SSSR count). The summed E-state index contributed by atoms with van der Waals surface area (Å²) in [6, 6.07) is 5.55. The number of carbonyl (C=O) groups excluding carboxylic acids is 1. The molecule has 0 spiro atoms. The highest BCUT2D eigenvalue weighted by Gasteiger charge is 2.12. The van der Waals surface area contributed by atoms with Gasteiger partial charge in [-0.1, -0.05) is 25.8 Å². The van der Waals surface area contributed by atoms with Gasteiger partial charge in [-0.15, -0.1) is 0 Å². The number of esters is 1. The molecule has 0 saturated carbocycles. The Morgan fingerprint density at radius 2 is 2.18 bits per heavy atom. The predicted octanol–water partition coefficient (Wildman–Crippen LogP) is 2.94. The van der Waals surface area contributed by atoms with Crippen molar-refractivity contribution < 1.29 is 14.5 Å². The zero-order chi connectivity index (χ0) is 12.7. The van der Waals surface area contributed by atoms with Gasteiger partial charge in [0.1, 0.15) is 0 Å². The average Bonchev–Trinajstić information content (AvgIpc) is 2.34. The van der Waals surface area contributed by atoms with Gasteiger partial charge < -0.3 is 4.74 Å². The maximum Gasteiger partial charge on any atom is 0.338 e. The molecule has 1 aromatic carbocycles. The van der Waals surface area contributed by atoms with Crippen LogP contribution in [0.25, 0.3) is 0 Å². The number of benzene rings is 1. The SMILES string of the molecule is CCCCCOC(=O)c1cccc([N+](=O)[O-])c1. The number of carbonyl (C=O) groups is 1. The number of nitro benzene ring substituents is 1. The van der Waals surface area contributed by atoms with Crippen LogP contribution in [-0.4, -0.2) is 17.5 Å². The molecule has 5 heteroatoms. The van der Waals surface area contributed by atoms with Crippen molar-refractivity contribution in [3.8, 4) is 0 Å². The summed E-state index contributed by atoms with van der Waals surface area (Å²) in [6.07, 6.45) is 2.87. The van der Waals surface area contributed by atoms with Gasteiger partial charge >= 0.3 is 5.97 Å². The fraction of sp³-hybridized carbons (Fsp3) is 0.417. The minimum Gasteiger partial charge on any atom is -0.462 e. The third-order valence-electron chi connectivity index (χ3n) is 2.27. The summed E-state index contributed by atoms with van der Waals surface area (Å²) in [4.78, 5) is 21.5. The van der Waals surface area contributed by atoms with Crippen LogP contribution in [0.15, 0.2) is 24.3 Å². The van der Waals surface area contributed by atoms with Crippen LogP contribution in [-0.2, 0) is 4.74 Å².